The normalized spacial score (nSPS) is 12.7. The molecule has 9 heteroatoms. The Hall–Kier alpha value is -3.46. The molecule has 0 saturated carbocycles. The number of carbonyl (C=O) groups is 2. The number of carbonyl (C=O) groups excluding carboxylic acids is 2. The fourth-order valence-electron chi connectivity index (χ4n) is 3.70. The van der Waals surface area contributed by atoms with Crippen molar-refractivity contribution >= 4 is 12.0 Å². The van der Waals surface area contributed by atoms with Crippen LogP contribution < -0.4 is 30.6 Å². The van der Waals surface area contributed by atoms with Crippen LogP contribution >= 0.6 is 0 Å². The molecule has 2 atom stereocenters. The summed E-state index contributed by atoms with van der Waals surface area (Å²) in [5.41, 5.74) is 7.32. The Morgan fingerprint density at radius 1 is 0.973 bits per heavy atom. The zero-order valence-electron chi connectivity index (χ0n) is 22.8. The number of benzene rings is 2. The molecule has 2 rings (SSSR count). The van der Waals surface area contributed by atoms with Crippen molar-refractivity contribution in [2.24, 2.45) is 5.73 Å². The average molecular weight is 516 g/mol. The Balaban J connectivity index is 2.07. The largest absolute Gasteiger partial charge is 0.497 e. The van der Waals surface area contributed by atoms with Gasteiger partial charge >= 0.3 is 6.09 Å². The van der Waals surface area contributed by atoms with Crippen molar-refractivity contribution in [1.29, 1.82) is 0 Å². The van der Waals surface area contributed by atoms with Gasteiger partial charge in [-0.2, -0.15) is 0 Å². The second-order valence-corrected chi connectivity index (χ2v) is 9.58. The summed E-state index contributed by atoms with van der Waals surface area (Å²) < 4.78 is 21.7. The molecule has 0 spiro atoms. The van der Waals surface area contributed by atoms with Crippen molar-refractivity contribution in [3.8, 4) is 17.2 Å². The number of rotatable bonds is 13. The van der Waals surface area contributed by atoms with Gasteiger partial charge in [-0.15, -0.1) is 0 Å². The summed E-state index contributed by atoms with van der Waals surface area (Å²) in [6, 6.07) is 11.8. The zero-order chi connectivity index (χ0) is 27.4. The second kappa shape index (κ2) is 14.3. The van der Waals surface area contributed by atoms with E-state index in [9.17, 15) is 9.59 Å². The van der Waals surface area contributed by atoms with E-state index in [1.54, 1.807) is 20.3 Å². The standard InChI is InChI=1S/C28H41N3O6/c1-7-36-20-13-11-19(12-14-20)25(22-16-15-21(34-5)18-24(22)35-6)31-26(32)23(29)10-8-9-17-30-27(33)37-28(2,3)4/h11-16,18,23,25H,7-10,17,29H2,1-6H3,(H,30,33)(H,31,32). The van der Waals surface area contributed by atoms with Gasteiger partial charge in [-0.05, 0) is 76.8 Å². The Bertz CT molecular complexity index is 1000. The van der Waals surface area contributed by atoms with E-state index < -0.39 is 23.8 Å². The number of methoxy groups -OCH3 is 2. The number of ether oxygens (including phenoxy) is 4. The molecule has 204 valence electrons. The van der Waals surface area contributed by atoms with Crippen LogP contribution in [0.2, 0.25) is 0 Å². The highest BCUT2D eigenvalue weighted by Crippen LogP contribution is 2.34. The van der Waals surface area contributed by atoms with Gasteiger partial charge in [0.2, 0.25) is 5.91 Å². The van der Waals surface area contributed by atoms with Crippen molar-refractivity contribution in [2.45, 2.75) is 64.6 Å². The van der Waals surface area contributed by atoms with Crippen molar-refractivity contribution < 1.29 is 28.5 Å². The SMILES string of the molecule is CCOc1ccc(C(NC(=O)C(N)CCCCNC(=O)OC(C)(C)C)c2ccc(OC)cc2OC)cc1. The molecule has 37 heavy (non-hydrogen) atoms. The molecule has 0 heterocycles. The van der Waals surface area contributed by atoms with E-state index in [-0.39, 0.29) is 5.91 Å². The minimum Gasteiger partial charge on any atom is -0.497 e. The van der Waals surface area contributed by atoms with Crippen LogP contribution in [-0.2, 0) is 9.53 Å². The Morgan fingerprint density at radius 2 is 1.65 bits per heavy atom. The number of nitrogens with one attached hydrogen (secondary N) is 2. The molecule has 4 N–H and O–H groups in total. The quantitative estimate of drug-likeness (QED) is 0.340. The Kier molecular flexibility index (Phi) is 11.5. The van der Waals surface area contributed by atoms with E-state index in [0.717, 1.165) is 16.9 Å². The van der Waals surface area contributed by atoms with Crippen LogP contribution in [0.25, 0.3) is 0 Å². The van der Waals surface area contributed by atoms with Gasteiger partial charge in [0.1, 0.15) is 22.8 Å². The number of hydrogen-bond acceptors (Lipinski definition) is 7. The van der Waals surface area contributed by atoms with Gasteiger partial charge in [-0.1, -0.05) is 12.1 Å². The molecule has 0 fully saturated rings. The molecule has 0 aliphatic carbocycles. The van der Waals surface area contributed by atoms with Gasteiger partial charge in [0.15, 0.2) is 0 Å². The number of nitrogens with two attached hydrogens (primary N) is 1. The lowest BCUT2D eigenvalue weighted by atomic mass is 9.96. The molecule has 2 unspecified atom stereocenters. The van der Waals surface area contributed by atoms with E-state index in [4.69, 9.17) is 24.7 Å². The monoisotopic (exact) mass is 515 g/mol. The van der Waals surface area contributed by atoms with E-state index in [1.165, 1.54) is 0 Å². The molecule has 0 aliphatic heterocycles. The third-order valence-corrected chi connectivity index (χ3v) is 5.51. The van der Waals surface area contributed by atoms with Crippen LogP contribution in [0.5, 0.6) is 17.2 Å². The third kappa shape index (κ3) is 9.84. The van der Waals surface area contributed by atoms with Crippen LogP contribution in [0.4, 0.5) is 4.79 Å². The first-order chi connectivity index (χ1) is 17.6. The predicted molar refractivity (Wildman–Crippen MR) is 143 cm³/mol. The molecule has 0 aliphatic rings. The lowest BCUT2D eigenvalue weighted by Crippen LogP contribution is -2.42. The van der Waals surface area contributed by atoms with E-state index in [1.807, 2.05) is 64.1 Å². The molecular weight excluding hydrogens is 474 g/mol. The number of hydrogen-bond donors (Lipinski definition) is 3. The predicted octanol–water partition coefficient (Wildman–Crippen LogP) is 4.33. The lowest BCUT2D eigenvalue weighted by molar-refractivity contribution is -0.123. The van der Waals surface area contributed by atoms with Crippen molar-refractivity contribution in [1.82, 2.24) is 10.6 Å². The molecule has 0 aromatic heterocycles. The van der Waals surface area contributed by atoms with Crippen LogP contribution in [0.1, 0.15) is 64.1 Å². The summed E-state index contributed by atoms with van der Waals surface area (Å²) in [6.45, 7) is 8.37. The molecular formula is C28H41N3O6. The first-order valence-electron chi connectivity index (χ1n) is 12.6. The molecule has 2 amide bonds. The smallest absolute Gasteiger partial charge is 0.407 e. The molecule has 2 aromatic carbocycles. The lowest BCUT2D eigenvalue weighted by Gasteiger charge is -2.24. The molecule has 0 radical (unpaired) electrons. The average Bonchev–Trinajstić information content (AvgIpc) is 2.86. The van der Waals surface area contributed by atoms with E-state index in [2.05, 4.69) is 10.6 Å². The Morgan fingerprint density at radius 3 is 2.24 bits per heavy atom. The highest BCUT2D eigenvalue weighted by atomic mass is 16.6. The highest BCUT2D eigenvalue weighted by molar-refractivity contribution is 5.82. The van der Waals surface area contributed by atoms with Gasteiger partial charge in [0.25, 0.3) is 0 Å². The maximum atomic E-state index is 13.1. The van der Waals surface area contributed by atoms with Crippen molar-refractivity contribution in [3.05, 3.63) is 53.6 Å². The van der Waals surface area contributed by atoms with Gasteiger partial charge in [-0.3, -0.25) is 4.79 Å². The number of unbranched alkanes of at least 4 members (excludes halogenated alkanes) is 1. The summed E-state index contributed by atoms with van der Waals surface area (Å²) in [5, 5.41) is 5.80. The minimum atomic E-state index is -0.712. The summed E-state index contributed by atoms with van der Waals surface area (Å²) in [4.78, 5) is 24.9. The van der Waals surface area contributed by atoms with Gasteiger partial charge < -0.3 is 35.3 Å². The summed E-state index contributed by atoms with van der Waals surface area (Å²) in [5.74, 6) is 1.70. The van der Waals surface area contributed by atoms with Crippen LogP contribution in [0.15, 0.2) is 42.5 Å². The number of amides is 2. The first-order valence-corrected chi connectivity index (χ1v) is 12.6. The maximum absolute atomic E-state index is 13.1. The van der Waals surface area contributed by atoms with E-state index in [0.29, 0.717) is 43.9 Å². The molecule has 9 nitrogen and oxygen atoms in total. The summed E-state index contributed by atoms with van der Waals surface area (Å²) >= 11 is 0. The molecule has 0 saturated heterocycles. The van der Waals surface area contributed by atoms with Crippen molar-refractivity contribution in [3.63, 3.8) is 0 Å². The van der Waals surface area contributed by atoms with Gasteiger partial charge in [0.05, 0.1) is 32.9 Å². The zero-order valence-corrected chi connectivity index (χ0v) is 22.8. The molecule has 0 bridgehead atoms. The van der Waals surface area contributed by atoms with Gasteiger partial charge in [0, 0.05) is 18.2 Å². The van der Waals surface area contributed by atoms with E-state index >= 15 is 0 Å². The summed E-state index contributed by atoms with van der Waals surface area (Å²) in [6.07, 6.45) is 1.36. The van der Waals surface area contributed by atoms with Gasteiger partial charge in [-0.25, -0.2) is 4.79 Å². The topological polar surface area (TPSA) is 121 Å². The minimum absolute atomic E-state index is 0.281. The number of alkyl carbamates (subject to hydrolysis) is 1. The Labute approximate surface area is 220 Å². The third-order valence-electron chi connectivity index (χ3n) is 5.51. The van der Waals surface area contributed by atoms with Crippen molar-refractivity contribution in [2.75, 3.05) is 27.4 Å². The first kappa shape index (κ1) is 29.8. The summed E-state index contributed by atoms with van der Waals surface area (Å²) in [7, 11) is 3.16. The fraction of sp³-hybridized carbons (Fsp3) is 0.500. The maximum Gasteiger partial charge on any atom is 0.407 e. The van der Waals surface area contributed by atoms with Crippen LogP contribution in [0.3, 0.4) is 0 Å². The van der Waals surface area contributed by atoms with Crippen LogP contribution in [-0.4, -0.2) is 51.0 Å². The fourth-order valence-corrected chi connectivity index (χ4v) is 3.70. The molecule has 2 aromatic rings. The highest BCUT2D eigenvalue weighted by Gasteiger charge is 2.24. The van der Waals surface area contributed by atoms with Crippen LogP contribution in [0, 0.1) is 0 Å². The second-order valence-electron chi connectivity index (χ2n) is 9.58.